The van der Waals surface area contributed by atoms with E-state index in [-0.39, 0.29) is 6.03 Å². The third-order valence-corrected chi connectivity index (χ3v) is 3.53. The van der Waals surface area contributed by atoms with Crippen LogP contribution in [-0.4, -0.2) is 36.7 Å². The van der Waals surface area contributed by atoms with Gasteiger partial charge >= 0.3 is 6.03 Å². The molecule has 1 heterocycles. The Kier molecular flexibility index (Phi) is 6.42. The van der Waals surface area contributed by atoms with Crippen molar-refractivity contribution in [2.24, 2.45) is 0 Å². The molecule has 24 heavy (non-hydrogen) atoms. The standard InChI is InChI=1S/C18H23N3O3/c1-4-10-21(13-14-6-5-9-19-12-14)18(22)20-16-11-15(23-2)7-8-17(16)24-3/h5-9,11-12H,4,10,13H2,1-3H3,(H,20,22). The number of nitrogens with one attached hydrogen (secondary N) is 1. The lowest BCUT2D eigenvalue weighted by Crippen LogP contribution is -2.35. The molecule has 6 heteroatoms. The minimum Gasteiger partial charge on any atom is -0.497 e. The van der Waals surface area contributed by atoms with Gasteiger partial charge in [0.2, 0.25) is 0 Å². The molecule has 1 aromatic carbocycles. The molecule has 0 aliphatic heterocycles. The van der Waals surface area contributed by atoms with Gasteiger partial charge in [0.1, 0.15) is 11.5 Å². The molecule has 0 saturated heterocycles. The first-order valence-corrected chi connectivity index (χ1v) is 7.84. The summed E-state index contributed by atoms with van der Waals surface area (Å²) < 4.78 is 10.5. The highest BCUT2D eigenvalue weighted by atomic mass is 16.5. The van der Waals surface area contributed by atoms with Crippen molar-refractivity contribution in [1.82, 2.24) is 9.88 Å². The fourth-order valence-electron chi connectivity index (χ4n) is 2.34. The summed E-state index contributed by atoms with van der Waals surface area (Å²) in [6.07, 6.45) is 4.35. The normalized spacial score (nSPS) is 10.1. The smallest absolute Gasteiger partial charge is 0.322 e. The molecule has 0 fully saturated rings. The lowest BCUT2D eigenvalue weighted by molar-refractivity contribution is 0.209. The van der Waals surface area contributed by atoms with Gasteiger partial charge in [0.25, 0.3) is 0 Å². The highest BCUT2D eigenvalue weighted by Crippen LogP contribution is 2.29. The molecule has 0 aliphatic rings. The molecule has 0 spiro atoms. The summed E-state index contributed by atoms with van der Waals surface area (Å²) in [6, 6.07) is 8.92. The van der Waals surface area contributed by atoms with Crippen LogP contribution in [0.5, 0.6) is 11.5 Å². The van der Waals surface area contributed by atoms with E-state index >= 15 is 0 Å². The number of methoxy groups -OCH3 is 2. The predicted molar refractivity (Wildman–Crippen MR) is 93.5 cm³/mol. The number of amides is 2. The van der Waals surface area contributed by atoms with Gasteiger partial charge < -0.3 is 19.7 Å². The van der Waals surface area contributed by atoms with Gasteiger partial charge in [-0.2, -0.15) is 0 Å². The first-order valence-electron chi connectivity index (χ1n) is 7.84. The van der Waals surface area contributed by atoms with Gasteiger partial charge in [0.15, 0.2) is 0 Å². The molecule has 0 aliphatic carbocycles. The molecule has 2 aromatic rings. The topological polar surface area (TPSA) is 63.7 Å². The molecule has 0 atom stereocenters. The van der Waals surface area contributed by atoms with Crippen LogP contribution in [0.4, 0.5) is 10.5 Å². The molecule has 2 amide bonds. The minimum atomic E-state index is -0.188. The van der Waals surface area contributed by atoms with Crippen LogP contribution < -0.4 is 14.8 Å². The molecule has 1 aromatic heterocycles. The van der Waals surface area contributed by atoms with Crippen molar-refractivity contribution in [1.29, 1.82) is 0 Å². The SMILES string of the molecule is CCCN(Cc1cccnc1)C(=O)Nc1cc(OC)ccc1OC. The highest BCUT2D eigenvalue weighted by molar-refractivity contribution is 5.91. The van der Waals surface area contributed by atoms with Gasteiger partial charge in [0, 0.05) is 31.5 Å². The van der Waals surface area contributed by atoms with Crippen LogP contribution in [-0.2, 0) is 6.54 Å². The van der Waals surface area contributed by atoms with Crippen LogP contribution in [0.15, 0.2) is 42.7 Å². The molecular weight excluding hydrogens is 306 g/mol. The number of rotatable bonds is 7. The molecule has 0 unspecified atom stereocenters. The van der Waals surface area contributed by atoms with E-state index in [0.29, 0.717) is 30.3 Å². The van der Waals surface area contributed by atoms with Gasteiger partial charge in [-0.3, -0.25) is 4.98 Å². The Morgan fingerprint density at radius 3 is 2.71 bits per heavy atom. The molecule has 0 saturated carbocycles. The largest absolute Gasteiger partial charge is 0.497 e. The third-order valence-electron chi connectivity index (χ3n) is 3.53. The zero-order valence-electron chi connectivity index (χ0n) is 14.3. The van der Waals surface area contributed by atoms with Crippen molar-refractivity contribution >= 4 is 11.7 Å². The second-order valence-electron chi connectivity index (χ2n) is 5.28. The number of hydrogen-bond donors (Lipinski definition) is 1. The van der Waals surface area contributed by atoms with Gasteiger partial charge in [-0.25, -0.2) is 4.79 Å². The van der Waals surface area contributed by atoms with E-state index < -0.39 is 0 Å². The zero-order valence-corrected chi connectivity index (χ0v) is 14.3. The second-order valence-corrected chi connectivity index (χ2v) is 5.28. The van der Waals surface area contributed by atoms with Gasteiger partial charge in [-0.1, -0.05) is 13.0 Å². The minimum absolute atomic E-state index is 0.188. The summed E-state index contributed by atoms with van der Waals surface area (Å²) >= 11 is 0. The molecule has 1 N–H and O–H groups in total. The van der Waals surface area contributed by atoms with E-state index in [1.165, 1.54) is 0 Å². The average molecular weight is 329 g/mol. The summed E-state index contributed by atoms with van der Waals surface area (Å²) in [5.41, 5.74) is 1.56. The fourth-order valence-corrected chi connectivity index (χ4v) is 2.34. The summed E-state index contributed by atoms with van der Waals surface area (Å²) in [5.74, 6) is 1.24. The number of carbonyl (C=O) groups is 1. The van der Waals surface area contributed by atoms with Crippen LogP contribution in [0.2, 0.25) is 0 Å². The van der Waals surface area contributed by atoms with E-state index in [4.69, 9.17) is 9.47 Å². The molecule has 0 radical (unpaired) electrons. The number of nitrogens with zero attached hydrogens (tertiary/aromatic N) is 2. The van der Waals surface area contributed by atoms with Gasteiger partial charge in [-0.05, 0) is 30.2 Å². The van der Waals surface area contributed by atoms with Crippen molar-refractivity contribution in [3.63, 3.8) is 0 Å². The summed E-state index contributed by atoms with van der Waals surface area (Å²) in [5, 5.41) is 2.90. The fraction of sp³-hybridized carbons (Fsp3) is 0.333. The number of urea groups is 1. The van der Waals surface area contributed by atoms with Crippen LogP contribution >= 0.6 is 0 Å². The number of carbonyl (C=O) groups excluding carboxylic acids is 1. The second kappa shape index (κ2) is 8.76. The molecule has 2 rings (SSSR count). The Bertz CT molecular complexity index is 662. The Morgan fingerprint density at radius 1 is 1.25 bits per heavy atom. The monoisotopic (exact) mass is 329 g/mol. The number of benzene rings is 1. The molecule has 0 bridgehead atoms. The Hall–Kier alpha value is -2.76. The molecule has 6 nitrogen and oxygen atoms in total. The number of hydrogen-bond acceptors (Lipinski definition) is 4. The lowest BCUT2D eigenvalue weighted by atomic mass is 10.2. The Balaban J connectivity index is 2.15. The van der Waals surface area contributed by atoms with Crippen molar-refractivity contribution in [3.8, 4) is 11.5 Å². The van der Waals surface area contributed by atoms with Crippen LogP contribution in [0.1, 0.15) is 18.9 Å². The molecule has 128 valence electrons. The lowest BCUT2D eigenvalue weighted by Gasteiger charge is -2.23. The average Bonchev–Trinajstić information content (AvgIpc) is 2.62. The first kappa shape index (κ1) is 17.6. The zero-order chi connectivity index (χ0) is 17.4. The van der Waals surface area contributed by atoms with E-state index in [1.54, 1.807) is 49.7 Å². The Labute approximate surface area is 142 Å². The van der Waals surface area contributed by atoms with E-state index in [9.17, 15) is 4.79 Å². The maximum absolute atomic E-state index is 12.7. The third kappa shape index (κ3) is 4.62. The van der Waals surface area contributed by atoms with Gasteiger partial charge in [-0.15, -0.1) is 0 Å². The number of aromatic nitrogens is 1. The van der Waals surface area contributed by atoms with E-state index in [1.807, 2.05) is 19.1 Å². The first-order chi connectivity index (χ1) is 11.7. The Morgan fingerprint density at radius 2 is 2.08 bits per heavy atom. The quantitative estimate of drug-likeness (QED) is 0.844. The summed E-state index contributed by atoms with van der Waals surface area (Å²) in [7, 11) is 3.15. The summed E-state index contributed by atoms with van der Waals surface area (Å²) in [4.78, 5) is 18.5. The van der Waals surface area contributed by atoms with Crippen molar-refractivity contribution < 1.29 is 14.3 Å². The summed E-state index contributed by atoms with van der Waals surface area (Å²) in [6.45, 7) is 3.18. The van der Waals surface area contributed by atoms with Crippen LogP contribution in [0, 0.1) is 0 Å². The molecular formula is C18H23N3O3. The van der Waals surface area contributed by atoms with Crippen molar-refractivity contribution in [2.75, 3.05) is 26.1 Å². The highest BCUT2D eigenvalue weighted by Gasteiger charge is 2.16. The number of ether oxygens (including phenoxy) is 2. The maximum Gasteiger partial charge on any atom is 0.322 e. The van der Waals surface area contributed by atoms with Crippen LogP contribution in [0.3, 0.4) is 0 Å². The predicted octanol–water partition coefficient (Wildman–Crippen LogP) is 3.54. The van der Waals surface area contributed by atoms with E-state index in [2.05, 4.69) is 10.3 Å². The number of pyridine rings is 1. The van der Waals surface area contributed by atoms with Crippen molar-refractivity contribution in [3.05, 3.63) is 48.3 Å². The number of anilines is 1. The van der Waals surface area contributed by atoms with Crippen molar-refractivity contribution in [2.45, 2.75) is 19.9 Å². The van der Waals surface area contributed by atoms with Gasteiger partial charge in [0.05, 0.1) is 19.9 Å². The maximum atomic E-state index is 12.7. The van der Waals surface area contributed by atoms with Crippen LogP contribution in [0.25, 0.3) is 0 Å². The van der Waals surface area contributed by atoms with E-state index in [0.717, 1.165) is 12.0 Å².